The number of hydrogen-bond acceptors (Lipinski definition) is 3. The predicted octanol–water partition coefficient (Wildman–Crippen LogP) is 3.48. The topological polar surface area (TPSA) is 49.9 Å². The average Bonchev–Trinajstić information content (AvgIpc) is 2.90. The van der Waals surface area contributed by atoms with Gasteiger partial charge in [-0.05, 0) is 42.5 Å². The highest BCUT2D eigenvalue weighted by atomic mass is 79.9. The van der Waals surface area contributed by atoms with E-state index in [1.807, 2.05) is 0 Å². The van der Waals surface area contributed by atoms with Crippen molar-refractivity contribution in [3.8, 4) is 0 Å². The van der Waals surface area contributed by atoms with Gasteiger partial charge in [0.15, 0.2) is 5.78 Å². The van der Waals surface area contributed by atoms with Crippen molar-refractivity contribution in [2.24, 2.45) is 0 Å². The van der Waals surface area contributed by atoms with Gasteiger partial charge in [-0.1, -0.05) is 33.6 Å². The van der Waals surface area contributed by atoms with Crippen LogP contribution in [0, 0.1) is 5.82 Å². The van der Waals surface area contributed by atoms with Gasteiger partial charge >= 0.3 is 0 Å². The zero-order chi connectivity index (χ0) is 18.0. The van der Waals surface area contributed by atoms with Gasteiger partial charge in [0.25, 0.3) is 5.56 Å². The highest BCUT2D eigenvalue weighted by molar-refractivity contribution is 9.10. The second kappa shape index (κ2) is 7.47. The van der Waals surface area contributed by atoms with Gasteiger partial charge in [-0.2, -0.15) is 0 Å². The summed E-state index contributed by atoms with van der Waals surface area (Å²) in [5, 5.41) is 0.537. The molecule has 0 bridgehead atoms. The van der Waals surface area contributed by atoms with Crippen molar-refractivity contribution in [1.82, 2.24) is 4.98 Å². The Bertz CT molecular complexity index is 1120. The summed E-state index contributed by atoms with van der Waals surface area (Å²) in [5.41, 5.74) is 0.386. The normalized spacial score (nSPS) is 12.6. The second-order valence-corrected chi connectivity index (χ2v) is 7.55. The van der Waals surface area contributed by atoms with Crippen LogP contribution in [-0.2, 0) is 0 Å². The summed E-state index contributed by atoms with van der Waals surface area (Å²) in [4.78, 5) is 26.8. The first-order chi connectivity index (χ1) is 11.9. The number of rotatable bonds is 3. The molecule has 0 unspecified atom stereocenters. The van der Waals surface area contributed by atoms with Gasteiger partial charge in [-0.15, -0.1) is 11.3 Å². The molecule has 0 aliphatic rings. The SMILES string of the molecule is O=C(/C=c1/[nH]c(=O)/c(=C/c2ccc(Br)cc2F)s1)c1ccc(Cl)cc1. The van der Waals surface area contributed by atoms with E-state index in [4.69, 9.17) is 11.6 Å². The minimum Gasteiger partial charge on any atom is -0.313 e. The van der Waals surface area contributed by atoms with Crippen LogP contribution in [0.3, 0.4) is 0 Å². The maximum Gasteiger partial charge on any atom is 0.266 e. The molecule has 3 aromatic rings. The Labute approximate surface area is 159 Å². The fourth-order valence-corrected chi connectivity index (χ4v) is 3.44. The molecule has 25 heavy (non-hydrogen) atoms. The molecular formula is C18H10BrClFNO2S. The van der Waals surface area contributed by atoms with Crippen molar-refractivity contribution in [1.29, 1.82) is 0 Å². The van der Waals surface area contributed by atoms with E-state index in [1.165, 1.54) is 18.2 Å². The highest BCUT2D eigenvalue weighted by Crippen LogP contribution is 2.15. The third-order valence-electron chi connectivity index (χ3n) is 3.32. The fraction of sp³-hybridized carbons (Fsp3) is 0. The highest BCUT2D eigenvalue weighted by Gasteiger charge is 2.04. The van der Waals surface area contributed by atoms with Crippen molar-refractivity contribution >= 4 is 56.8 Å². The first kappa shape index (κ1) is 17.8. The maximum atomic E-state index is 13.9. The molecule has 126 valence electrons. The number of ketones is 1. The maximum absolute atomic E-state index is 13.9. The number of Topliss-reactive ketones (excluding diaryl/α,β-unsaturated/α-hetero) is 1. The number of carbonyl (C=O) groups excluding carboxylic acids is 1. The largest absolute Gasteiger partial charge is 0.313 e. The van der Waals surface area contributed by atoms with Crippen molar-refractivity contribution in [2.75, 3.05) is 0 Å². The lowest BCUT2D eigenvalue weighted by Crippen LogP contribution is -2.20. The molecule has 1 aromatic heterocycles. The zero-order valence-corrected chi connectivity index (χ0v) is 15.7. The van der Waals surface area contributed by atoms with Crippen LogP contribution in [0.5, 0.6) is 0 Å². The van der Waals surface area contributed by atoms with Crippen LogP contribution in [0.4, 0.5) is 4.39 Å². The van der Waals surface area contributed by atoms with Gasteiger partial charge in [0, 0.05) is 26.7 Å². The van der Waals surface area contributed by atoms with E-state index in [9.17, 15) is 14.0 Å². The molecule has 0 amide bonds. The number of halogens is 3. The lowest BCUT2D eigenvalue weighted by Gasteiger charge is -1.95. The van der Waals surface area contributed by atoms with Gasteiger partial charge in [-0.3, -0.25) is 9.59 Å². The Morgan fingerprint density at radius 1 is 1.20 bits per heavy atom. The molecule has 0 spiro atoms. The Kier molecular flexibility index (Phi) is 5.32. The molecular weight excluding hydrogens is 429 g/mol. The van der Waals surface area contributed by atoms with Crippen molar-refractivity contribution < 1.29 is 9.18 Å². The van der Waals surface area contributed by atoms with E-state index in [1.54, 1.807) is 36.4 Å². The Balaban J connectivity index is 1.99. The number of benzene rings is 2. The standard InChI is InChI=1S/C18H10BrClFNO2S/c19-12-4-1-11(14(21)8-12)7-16-18(24)22-17(25-16)9-15(23)10-2-5-13(20)6-3-10/h1-9H,(H,22,24)/b16-7-,17-9-. The number of aromatic nitrogens is 1. The summed E-state index contributed by atoms with van der Waals surface area (Å²) in [6.07, 6.45) is 2.79. The quantitative estimate of drug-likeness (QED) is 0.637. The third kappa shape index (κ3) is 4.34. The smallest absolute Gasteiger partial charge is 0.266 e. The van der Waals surface area contributed by atoms with Gasteiger partial charge in [0.05, 0.1) is 9.20 Å². The molecule has 0 radical (unpaired) electrons. The lowest BCUT2D eigenvalue weighted by molar-refractivity contribution is 0.106. The van der Waals surface area contributed by atoms with E-state index in [2.05, 4.69) is 20.9 Å². The molecule has 0 aliphatic heterocycles. The van der Waals surface area contributed by atoms with E-state index in [-0.39, 0.29) is 11.3 Å². The van der Waals surface area contributed by atoms with E-state index in [0.29, 0.717) is 29.8 Å². The number of nitrogens with one attached hydrogen (secondary N) is 1. The summed E-state index contributed by atoms with van der Waals surface area (Å²) in [7, 11) is 0. The van der Waals surface area contributed by atoms with Crippen LogP contribution in [0.1, 0.15) is 15.9 Å². The van der Waals surface area contributed by atoms with Gasteiger partial charge in [-0.25, -0.2) is 4.39 Å². The Morgan fingerprint density at radius 2 is 1.92 bits per heavy atom. The van der Waals surface area contributed by atoms with Crippen molar-refractivity contribution in [3.05, 3.63) is 88.5 Å². The van der Waals surface area contributed by atoms with Gasteiger partial charge in [0.1, 0.15) is 5.82 Å². The lowest BCUT2D eigenvalue weighted by atomic mass is 10.1. The van der Waals surface area contributed by atoms with Gasteiger partial charge < -0.3 is 4.98 Å². The molecule has 1 N–H and O–H groups in total. The van der Waals surface area contributed by atoms with E-state index < -0.39 is 5.82 Å². The molecule has 0 atom stereocenters. The minimum atomic E-state index is -0.440. The molecule has 3 nitrogen and oxygen atoms in total. The van der Waals surface area contributed by atoms with Crippen molar-refractivity contribution in [2.45, 2.75) is 0 Å². The van der Waals surface area contributed by atoms with Crippen LogP contribution >= 0.6 is 38.9 Å². The zero-order valence-electron chi connectivity index (χ0n) is 12.6. The summed E-state index contributed by atoms with van der Waals surface area (Å²) >= 11 is 10.1. The third-order valence-corrected chi connectivity index (χ3v) is 5.03. The summed E-state index contributed by atoms with van der Waals surface area (Å²) in [6.45, 7) is 0. The van der Waals surface area contributed by atoms with Crippen LogP contribution < -0.4 is 14.8 Å². The van der Waals surface area contributed by atoms with Crippen LogP contribution in [0.25, 0.3) is 12.2 Å². The molecule has 3 rings (SSSR count). The first-order valence-corrected chi connectivity index (χ1v) is 9.09. The second-order valence-electron chi connectivity index (χ2n) is 5.11. The number of carbonyl (C=O) groups is 1. The van der Waals surface area contributed by atoms with Crippen LogP contribution in [0.2, 0.25) is 5.02 Å². The minimum absolute atomic E-state index is 0.254. The summed E-state index contributed by atoms with van der Waals surface area (Å²) < 4.78 is 15.2. The summed E-state index contributed by atoms with van der Waals surface area (Å²) in [6, 6.07) is 11.0. The number of hydrogen-bond donors (Lipinski definition) is 1. The molecule has 0 fully saturated rings. The van der Waals surface area contributed by atoms with E-state index in [0.717, 1.165) is 11.3 Å². The molecule has 1 heterocycles. The molecule has 7 heteroatoms. The number of H-pyrrole nitrogens is 1. The predicted molar refractivity (Wildman–Crippen MR) is 102 cm³/mol. The number of aromatic amines is 1. The molecule has 0 saturated carbocycles. The van der Waals surface area contributed by atoms with Crippen LogP contribution in [-0.4, -0.2) is 10.8 Å². The molecule has 2 aromatic carbocycles. The average molecular weight is 439 g/mol. The number of thiazole rings is 1. The Morgan fingerprint density at radius 3 is 2.60 bits per heavy atom. The van der Waals surface area contributed by atoms with Crippen molar-refractivity contribution in [3.63, 3.8) is 0 Å². The first-order valence-electron chi connectivity index (χ1n) is 7.10. The molecule has 0 aliphatic carbocycles. The Hall–Kier alpha value is -2.02. The van der Waals surface area contributed by atoms with Crippen LogP contribution in [0.15, 0.2) is 51.7 Å². The summed E-state index contributed by atoms with van der Waals surface area (Å²) in [5.74, 6) is -0.694. The fourth-order valence-electron chi connectivity index (χ4n) is 2.10. The molecule has 0 saturated heterocycles. The van der Waals surface area contributed by atoms with Gasteiger partial charge in [0.2, 0.25) is 0 Å². The van der Waals surface area contributed by atoms with E-state index >= 15 is 0 Å². The monoisotopic (exact) mass is 437 g/mol.